The van der Waals surface area contributed by atoms with Gasteiger partial charge in [0.15, 0.2) is 28.8 Å². The first-order valence-corrected chi connectivity index (χ1v) is 28.0. The highest BCUT2D eigenvalue weighted by atomic mass is 16.5. The lowest BCUT2D eigenvalue weighted by Gasteiger charge is -2.58. The second-order valence-corrected chi connectivity index (χ2v) is 23.0. The molecule has 3 aromatic rings. The molecule has 0 spiro atoms. The molecule has 1 heterocycles. The highest BCUT2D eigenvalue weighted by Crippen LogP contribution is 2.67. The molecule has 3 saturated carbocycles. The summed E-state index contributed by atoms with van der Waals surface area (Å²) in [5.74, 6) is 4.06. The number of phenols is 2. The Hall–Kier alpha value is -5.93. The van der Waals surface area contributed by atoms with E-state index in [1.54, 1.807) is 42.1 Å². The minimum atomic E-state index is -0.502. The van der Waals surface area contributed by atoms with Crippen molar-refractivity contribution in [3.63, 3.8) is 0 Å². The van der Waals surface area contributed by atoms with Gasteiger partial charge in [-0.15, -0.1) is 5.10 Å². The van der Waals surface area contributed by atoms with E-state index < -0.39 is 5.78 Å². The van der Waals surface area contributed by atoms with Crippen LogP contribution in [0.1, 0.15) is 135 Å². The summed E-state index contributed by atoms with van der Waals surface area (Å²) in [7, 11) is 2.85. The molecule has 1 aromatic heterocycles. The number of ketones is 1. The van der Waals surface area contributed by atoms with E-state index in [2.05, 4.69) is 67.0 Å². The van der Waals surface area contributed by atoms with Gasteiger partial charge < -0.3 is 45.5 Å². The number of nitrogens with one attached hydrogen (secondary N) is 3. The predicted molar refractivity (Wildman–Crippen MR) is 297 cm³/mol. The minimum absolute atomic E-state index is 0.0278. The van der Waals surface area contributed by atoms with Gasteiger partial charge in [-0.25, -0.2) is 0 Å². The van der Waals surface area contributed by atoms with Crippen LogP contribution in [-0.4, -0.2) is 101 Å². The van der Waals surface area contributed by atoms with Crippen LogP contribution in [0.5, 0.6) is 23.0 Å². The van der Waals surface area contributed by atoms with Crippen LogP contribution in [0.3, 0.4) is 0 Å². The van der Waals surface area contributed by atoms with Crippen molar-refractivity contribution in [2.75, 3.05) is 47.1 Å². The number of nitrogens with zero attached hydrogens (tertiary/aromatic N) is 3. The number of rotatable bonds is 27. The summed E-state index contributed by atoms with van der Waals surface area (Å²) in [5, 5.41) is 49.0. The molecule has 6 N–H and O–H groups in total. The van der Waals surface area contributed by atoms with E-state index in [-0.39, 0.29) is 78.9 Å². The second-order valence-electron chi connectivity index (χ2n) is 23.0. The number of methoxy groups -OCH3 is 2. The average Bonchev–Trinajstić information content (AvgIpc) is 4.10. The van der Waals surface area contributed by atoms with Gasteiger partial charge in [-0.3, -0.25) is 19.1 Å². The van der Waals surface area contributed by atoms with Gasteiger partial charge >= 0.3 is 0 Å². The molecule has 0 aliphatic heterocycles. The topological polar surface area (TPSA) is 206 Å². The number of aliphatic hydroxyl groups excluding tert-OH is 1. The number of allylic oxidation sites excluding steroid dienone is 4. The standard InChI is InChI=1S/C61H86N6O9/c1-40(2)11-10-12-41(3)49-19-20-50-47-18-17-44-35-45(25-27-60(44,4)51(47)26-28-61(49,50)5)62-29-8-9-30-63-58(72)38-76-39-59(73)64-31-32-67-37-46(65-66-67)36-48(52(68)21-13-42-15-23-54(70)56(33-42)74-6)53(69)22-14-43-16-24-55(71)57(34-43)75-7/h13-17,21-24,33-34,37,40-41,45,47,49-51,62,68,70-71H,8-12,18-20,25-32,35-36,38-39H2,1-7H3,(H,63,72)(H,64,73)/b21-13+,22-14+,52-48+/t41-,45+,47+,49-,50+,51+,60+,61-/m1/s1. The van der Waals surface area contributed by atoms with Crippen LogP contribution >= 0.6 is 0 Å². The van der Waals surface area contributed by atoms with E-state index >= 15 is 0 Å². The first-order valence-electron chi connectivity index (χ1n) is 28.0. The Morgan fingerprint density at radius 2 is 1.49 bits per heavy atom. The fourth-order valence-electron chi connectivity index (χ4n) is 13.4. The van der Waals surface area contributed by atoms with Gasteiger partial charge in [-0.2, -0.15) is 0 Å². The molecule has 15 heteroatoms. The van der Waals surface area contributed by atoms with Gasteiger partial charge in [0.25, 0.3) is 0 Å². The van der Waals surface area contributed by atoms with Crippen LogP contribution in [0.4, 0.5) is 0 Å². The zero-order valence-corrected chi connectivity index (χ0v) is 46.2. The maximum absolute atomic E-state index is 13.6. The van der Waals surface area contributed by atoms with Crippen molar-refractivity contribution in [3.05, 3.63) is 94.5 Å². The Labute approximate surface area is 451 Å². The van der Waals surface area contributed by atoms with Gasteiger partial charge in [-0.05, 0) is 165 Å². The molecule has 2 amide bonds. The third kappa shape index (κ3) is 14.8. The Kier molecular flexibility index (Phi) is 20.4. The molecule has 76 heavy (non-hydrogen) atoms. The van der Waals surface area contributed by atoms with Crippen LogP contribution < -0.4 is 25.4 Å². The number of fused-ring (bicyclic) bond motifs is 5. The van der Waals surface area contributed by atoms with Crippen molar-refractivity contribution in [3.8, 4) is 23.0 Å². The molecule has 4 aliphatic rings. The van der Waals surface area contributed by atoms with Crippen molar-refractivity contribution in [1.82, 2.24) is 30.9 Å². The molecule has 3 fully saturated rings. The summed E-state index contributed by atoms with van der Waals surface area (Å²) in [6.07, 6.45) is 26.6. The van der Waals surface area contributed by atoms with Crippen LogP contribution in [0, 0.1) is 46.3 Å². The third-order valence-corrected chi connectivity index (χ3v) is 17.6. The molecule has 8 atom stereocenters. The Balaban J connectivity index is 0.780. The maximum atomic E-state index is 13.6. The van der Waals surface area contributed by atoms with Crippen LogP contribution in [-0.2, 0) is 32.1 Å². The fourth-order valence-corrected chi connectivity index (χ4v) is 13.4. The number of benzene rings is 2. The lowest BCUT2D eigenvalue weighted by atomic mass is 9.47. The minimum Gasteiger partial charge on any atom is -0.508 e. The van der Waals surface area contributed by atoms with E-state index in [1.165, 1.54) is 113 Å². The number of carbonyl (C=O) groups excluding carboxylic acids is 3. The SMILES string of the molecule is COc1cc(/C=C/C(=O)/C(Cc2cn(CCNC(=O)COCC(=O)NCCCCN[C@H]3CC[C@@]4(C)C(=CC[C@H]5[C@@H]6CC[C@H]([C@H](C)CCCC(C)C)[C@@]6(C)CC[C@@H]54)C3)nn2)=C(O)\C=C\c2ccc(O)c(OC)c2)ccc1O. The van der Waals surface area contributed by atoms with Gasteiger partial charge in [0, 0.05) is 37.3 Å². The summed E-state index contributed by atoms with van der Waals surface area (Å²) < 4.78 is 17.3. The molecular weight excluding hydrogens is 961 g/mol. The molecule has 4 aliphatic carbocycles. The number of phenolic OH excluding ortho intramolecular Hbond substituents is 2. The van der Waals surface area contributed by atoms with Crippen molar-refractivity contribution in [1.29, 1.82) is 0 Å². The lowest BCUT2D eigenvalue weighted by Crippen LogP contribution is -2.51. The van der Waals surface area contributed by atoms with Crippen molar-refractivity contribution < 1.29 is 43.9 Å². The quantitative estimate of drug-likeness (QED) is 0.0139. The van der Waals surface area contributed by atoms with Crippen LogP contribution in [0.2, 0.25) is 0 Å². The molecule has 0 radical (unpaired) electrons. The zero-order valence-electron chi connectivity index (χ0n) is 46.2. The fraction of sp³-hybridized carbons (Fsp3) is 0.590. The Morgan fingerprint density at radius 3 is 2.17 bits per heavy atom. The summed E-state index contributed by atoms with van der Waals surface area (Å²) >= 11 is 0. The number of unbranched alkanes of at least 4 members (excludes halogenated alkanes) is 1. The number of hydrogen-bond donors (Lipinski definition) is 6. The normalized spacial score (nSPS) is 24.8. The number of aromatic hydroxyl groups is 2. The summed E-state index contributed by atoms with van der Waals surface area (Å²) in [4.78, 5) is 38.6. The Morgan fingerprint density at radius 1 is 0.816 bits per heavy atom. The molecule has 0 saturated heterocycles. The van der Waals surface area contributed by atoms with E-state index in [9.17, 15) is 29.7 Å². The number of hydrogen-bond acceptors (Lipinski definition) is 12. The monoisotopic (exact) mass is 1050 g/mol. The zero-order chi connectivity index (χ0) is 54.4. The summed E-state index contributed by atoms with van der Waals surface area (Å²) in [6, 6.07) is 9.82. The number of ether oxygens (including phenoxy) is 3. The first-order chi connectivity index (χ1) is 36.5. The molecule has 2 aromatic carbocycles. The molecule has 15 nitrogen and oxygen atoms in total. The molecule has 0 unspecified atom stereocenters. The van der Waals surface area contributed by atoms with E-state index in [1.807, 2.05) is 0 Å². The van der Waals surface area contributed by atoms with Crippen molar-refractivity contribution in [2.24, 2.45) is 46.3 Å². The van der Waals surface area contributed by atoms with Gasteiger partial charge in [-0.1, -0.05) is 95.0 Å². The summed E-state index contributed by atoms with van der Waals surface area (Å²) in [5.41, 5.74) is 4.19. The van der Waals surface area contributed by atoms with Gasteiger partial charge in [0.05, 0.1) is 26.5 Å². The highest BCUT2D eigenvalue weighted by Gasteiger charge is 2.59. The largest absolute Gasteiger partial charge is 0.508 e. The third-order valence-electron chi connectivity index (χ3n) is 17.6. The van der Waals surface area contributed by atoms with E-state index in [0.717, 1.165) is 61.3 Å². The first kappa shape index (κ1) is 57.8. The second kappa shape index (κ2) is 26.9. The molecule has 414 valence electrons. The highest BCUT2D eigenvalue weighted by molar-refractivity contribution is 6.07. The van der Waals surface area contributed by atoms with E-state index in [0.29, 0.717) is 40.2 Å². The number of aliphatic hydroxyl groups is 1. The van der Waals surface area contributed by atoms with Crippen molar-refractivity contribution >= 4 is 29.7 Å². The number of carbonyl (C=O) groups is 3. The van der Waals surface area contributed by atoms with E-state index in [4.69, 9.17) is 14.2 Å². The van der Waals surface area contributed by atoms with Crippen LogP contribution in [0.25, 0.3) is 12.2 Å². The predicted octanol–water partition coefficient (Wildman–Crippen LogP) is 10.1. The average molecular weight is 1050 g/mol. The number of amides is 2. The molecule has 0 bridgehead atoms. The maximum Gasteiger partial charge on any atom is 0.246 e. The van der Waals surface area contributed by atoms with Crippen molar-refractivity contribution in [2.45, 2.75) is 137 Å². The smallest absolute Gasteiger partial charge is 0.246 e. The lowest BCUT2D eigenvalue weighted by molar-refractivity contribution is -0.131. The van der Waals surface area contributed by atoms with Gasteiger partial charge in [0.2, 0.25) is 11.8 Å². The Bertz CT molecular complexity index is 2580. The molecule has 7 rings (SSSR count). The van der Waals surface area contributed by atoms with Gasteiger partial charge in [0.1, 0.15) is 19.0 Å². The van der Waals surface area contributed by atoms with Crippen LogP contribution in [0.15, 0.2) is 77.7 Å². The molecular formula is C61H86N6O9. The summed E-state index contributed by atoms with van der Waals surface area (Å²) in [6.45, 7) is 14.0. The number of aromatic nitrogens is 3.